The second kappa shape index (κ2) is 5.03. The first kappa shape index (κ1) is 12.2. The summed E-state index contributed by atoms with van der Waals surface area (Å²) in [5, 5.41) is 2.97. The van der Waals surface area contributed by atoms with E-state index in [1.807, 2.05) is 42.1 Å². The third-order valence-corrected chi connectivity index (χ3v) is 3.97. The Morgan fingerprint density at radius 2 is 2.16 bits per heavy atom. The smallest absolute Gasteiger partial charge is 0.174 e. The van der Waals surface area contributed by atoms with Gasteiger partial charge in [0, 0.05) is 31.4 Å². The molecular weight excluding hydrogens is 256 g/mol. The molecule has 2 aromatic heterocycles. The van der Waals surface area contributed by atoms with Gasteiger partial charge in [-0.2, -0.15) is 0 Å². The number of aryl methyl sites for hydroxylation is 1. The molecule has 0 unspecified atom stereocenters. The molecule has 0 saturated heterocycles. The van der Waals surface area contributed by atoms with Crippen molar-refractivity contribution in [3.05, 3.63) is 48.3 Å². The van der Waals surface area contributed by atoms with Crippen LogP contribution in [0.25, 0.3) is 10.9 Å². The summed E-state index contributed by atoms with van der Waals surface area (Å²) in [7, 11) is 1.97. The van der Waals surface area contributed by atoms with Crippen molar-refractivity contribution in [1.29, 1.82) is 0 Å². The van der Waals surface area contributed by atoms with Crippen LogP contribution in [-0.4, -0.2) is 14.5 Å². The number of aromatic nitrogens is 3. The first-order chi connectivity index (χ1) is 9.28. The summed E-state index contributed by atoms with van der Waals surface area (Å²) in [5.41, 5.74) is 7.92. The number of para-hydroxylation sites is 1. The average molecular weight is 270 g/mol. The summed E-state index contributed by atoms with van der Waals surface area (Å²) in [6.07, 6.45) is 3.71. The molecule has 0 aliphatic carbocycles. The average Bonchev–Trinajstić information content (AvgIpc) is 2.83. The quantitative estimate of drug-likeness (QED) is 0.794. The van der Waals surface area contributed by atoms with Gasteiger partial charge in [-0.3, -0.25) is 0 Å². The number of nitrogens with zero attached hydrogens (tertiary/aromatic N) is 3. The van der Waals surface area contributed by atoms with Gasteiger partial charge in [-0.1, -0.05) is 18.2 Å². The minimum absolute atomic E-state index is 0.511. The highest BCUT2D eigenvalue weighted by Crippen LogP contribution is 2.28. The standard InChI is InChI=1S/C14H14N4S/c1-18-7-6-16-14(18)19-13-8-10(9-15)11-4-2-3-5-12(11)17-13/h2-8H,9,15H2,1H3. The van der Waals surface area contributed by atoms with Gasteiger partial charge >= 0.3 is 0 Å². The van der Waals surface area contributed by atoms with Crippen molar-refractivity contribution >= 4 is 22.7 Å². The number of rotatable bonds is 3. The monoisotopic (exact) mass is 270 g/mol. The van der Waals surface area contributed by atoms with Crippen LogP contribution in [0.1, 0.15) is 5.56 Å². The van der Waals surface area contributed by atoms with Crippen LogP contribution in [0.5, 0.6) is 0 Å². The van der Waals surface area contributed by atoms with Crippen molar-refractivity contribution in [2.45, 2.75) is 16.7 Å². The van der Waals surface area contributed by atoms with E-state index in [4.69, 9.17) is 5.73 Å². The Hall–Kier alpha value is -1.85. The molecule has 3 rings (SSSR count). The fraction of sp³-hybridized carbons (Fsp3) is 0.143. The molecule has 96 valence electrons. The van der Waals surface area contributed by atoms with E-state index in [9.17, 15) is 0 Å². The van der Waals surface area contributed by atoms with Crippen molar-refractivity contribution in [3.8, 4) is 0 Å². The molecule has 3 aromatic rings. The van der Waals surface area contributed by atoms with Gasteiger partial charge in [-0.05, 0) is 29.5 Å². The van der Waals surface area contributed by atoms with Crippen LogP contribution < -0.4 is 5.73 Å². The third kappa shape index (κ3) is 2.34. The van der Waals surface area contributed by atoms with Gasteiger partial charge in [-0.15, -0.1) is 0 Å². The predicted molar refractivity (Wildman–Crippen MR) is 77.0 cm³/mol. The van der Waals surface area contributed by atoms with Gasteiger partial charge in [-0.25, -0.2) is 9.97 Å². The molecule has 0 amide bonds. The zero-order valence-corrected chi connectivity index (χ0v) is 11.4. The fourth-order valence-electron chi connectivity index (χ4n) is 1.99. The Kier molecular flexibility index (Phi) is 3.23. The fourth-order valence-corrected chi connectivity index (χ4v) is 2.84. The van der Waals surface area contributed by atoms with Crippen molar-refractivity contribution in [2.24, 2.45) is 12.8 Å². The van der Waals surface area contributed by atoms with Gasteiger partial charge in [0.1, 0.15) is 5.03 Å². The highest BCUT2D eigenvalue weighted by Gasteiger charge is 2.08. The lowest BCUT2D eigenvalue weighted by molar-refractivity contribution is 0.789. The number of imidazole rings is 1. The highest BCUT2D eigenvalue weighted by atomic mass is 32.2. The van der Waals surface area contributed by atoms with Crippen LogP contribution in [0.15, 0.2) is 52.9 Å². The number of hydrogen-bond donors (Lipinski definition) is 1. The molecule has 1 aromatic carbocycles. The van der Waals surface area contributed by atoms with E-state index < -0.39 is 0 Å². The number of nitrogens with two attached hydrogens (primary N) is 1. The first-order valence-electron chi connectivity index (χ1n) is 6.02. The zero-order valence-electron chi connectivity index (χ0n) is 10.6. The Morgan fingerprint density at radius 3 is 2.89 bits per heavy atom. The molecule has 2 heterocycles. The summed E-state index contributed by atoms with van der Waals surface area (Å²) < 4.78 is 1.98. The van der Waals surface area contributed by atoms with Crippen LogP contribution in [0.2, 0.25) is 0 Å². The summed E-state index contributed by atoms with van der Waals surface area (Å²) in [5.74, 6) is 0. The van der Waals surface area contributed by atoms with Crippen LogP contribution in [0.4, 0.5) is 0 Å². The second-order valence-electron chi connectivity index (χ2n) is 4.26. The van der Waals surface area contributed by atoms with Crippen LogP contribution in [0.3, 0.4) is 0 Å². The first-order valence-corrected chi connectivity index (χ1v) is 6.83. The molecule has 0 atom stereocenters. The van der Waals surface area contributed by atoms with Gasteiger partial charge < -0.3 is 10.3 Å². The minimum Gasteiger partial charge on any atom is -0.329 e. The topological polar surface area (TPSA) is 56.7 Å². The van der Waals surface area contributed by atoms with Crippen LogP contribution >= 0.6 is 11.8 Å². The normalized spacial score (nSPS) is 11.1. The molecule has 0 spiro atoms. The lowest BCUT2D eigenvalue weighted by Gasteiger charge is -2.07. The molecule has 4 nitrogen and oxygen atoms in total. The van der Waals surface area contributed by atoms with Crippen molar-refractivity contribution in [3.63, 3.8) is 0 Å². The van der Waals surface area contributed by atoms with Gasteiger partial charge in [0.05, 0.1) is 5.52 Å². The number of pyridine rings is 1. The van der Waals surface area contributed by atoms with Crippen molar-refractivity contribution in [1.82, 2.24) is 14.5 Å². The second-order valence-corrected chi connectivity index (χ2v) is 5.25. The molecule has 2 N–H and O–H groups in total. The molecule has 0 saturated carbocycles. The minimum atomic E-state index is 0.511. The van der Waals surface area contributed by atoms with Crippen molar-refractivity contribution < 1.29 is 0 Å². The van der Waals surface area contributed by atoms with Crippen LogP contribution in [0, 0.1) is 0 Å². The van der Waals surface area contributed by atoms with E-state index >= 15 is 0 Å². The maximum Gasteiger partial charge on any atom is 0.174 e. The lowest BCUT2D eigenvalue weighted by Crippen LogP contribution is -1.99. The van der Waals surface area contributed by atoms with Gasteiger partial charge in [0.15, 0.2) is 5.16 Å². The number of hydrogen-bond acceptors (Lipinski definition) is 4. The molecule has 0 bridgehead atoms. The Labute approximate surface area is 115 Å². The molecule has 5 heteroatoms. The number of benzene rings is 1. The van der Waals surface area contributed by atoms with E-state index in [0.29, 0.717) is 6.54 Å². The summed E-state index contributed by atoms with van der Waals surface area (Å²) in [6, 6.07) is 10.1. The Morgan fingerprint density at radius 1 is 1.32 bits per heavy atom. The van der Waals surface area contributed by atoms with Crippen molar-refractivity contribution in [2.75, 3.05) is 0 Å². The maximum absolute atomic E-state index is 5.83. The largest absolute Gasteiger partial charge is 0.329 e. The zero-order chi connectivity index (χ0) is 13.2. The molecule has 0 aliphatic heterocycles. The van der Waals surface area contributed by atoms with Gasteiger partial charge in [0.25, 0.3) is 0 Å². The molecule has 0 aliphatic rings. The van der Waals surface area contributed by atoms with E-state index in [1.165, 1.54) is 0 Å². The maximum atomic E-state index is 5.83. The summed E-state index contributed by atoms with van der Waals surface area (Å²) in [6.45, 7) is 0.511. The molecular formula is C14H14N4S. The van der Waals surface area contributed by atoms with Crippen LogP contribution in [-0.2, 0) is 13.6 Å². The third-order valence-electron chi connectivity index (χ3n) is 2.97. The molecule has 0 fully saturated rings. The van der Waals surface area contributed by atoms with E-state index in [1.54, 1.807) is 18.0 Å². The SMILES string of the molecule is Cn1ccnc1Sc1cc(CN)c2ccccc2n1. The van der Waals surface area contributed by atoms with E-state index in [0.717, 1.165) is 26.6 Å². The lowest BCUT2D eigenvalue weighted by atomic mass is 10.1. The summed E-state index contributed by atoms with van der Waals surface area (Å²) in [4.78, 5) is 8.96. The predicted octanol–water partition coefficient (Wildman–Crippen LogP) is 2.58. The van der Waals surface area contributed by atoms with E-state index in [2.05, 4.69) is 16.0 Å². The molecule has 0 radical (unpaired) electrons. The molecule has 19 heavy (non-hydrogen) atoms. The Bertz CT molecular complexity index is 720. The van der Waals surface area contributed by atoms with Gasteiger partial charge in [0.2, 0.25) is 0 Å². The number of fused-ring (bicyclic) bond motifs is 1. The highest BCUT2D eigenvalue weighted by molar-refractivity contribution is 7.99. The Balaban J connectivity index is 2.07. The summed E-state index contributed by atoms with van der Waals surface area (Å²) >= 11 is 1.55. The van der Waals surface area contributed by atoms with E-state index in [-0.39, 0.29) is 0 Å².